The Kier molecular flexibility index (Phi) is 6.06. The molecular formula is C12H21F3N2O2. The minimum Gasteiger partial charge on any atom is -0.468 e. The molecule has 4 nitrogen and oxygen atoms in total. The number of carbonyl (C=O) groups is 1. The molecule has 0 heterocycles. The molecule has 1 atom stereocenters. The first-order valence-electron chi connectivity index (χ1n) is 6.48. The van der Waals surface area contributed by atoms with Crippen molar-refractivity contribution < 1.29 is 22.7 Å². The molecule has 7 heteroatoms. The Bertz CT molecular complexity index is 293. The maximum Gasteiger partial charge on any atom is 0.401 e. The van der Waals surface area contributed by atoms with E-state index in [1.165, 1.54) is 12.0 Å². The number of nitrogens with zero attached hydrogens (tertiary/aromatic N) is 1. The van der Waals surface area contributed by atoms with E-state index in [1.54, 1.807) is 0 Å². The van der Waals surface area contributed by atoms with Gasteiger partial charge in [0.15, 0.2) is 0 Å². The van der Waals surface area contributed by atoms with Crippen molar-refractivity contribution in [3.8, 4) is 0 Å². The molecule has 1 fully saturated rings. The molecule has 0 aromatic heterocycles. The van der Waals surface area contributed by atoms with Crippen LogP contribution in [0.15, 0.2) is 0 Å². The highest BCUT2D eigenvalue weighted by molar-refractivity contribution is 5.76. The molecule has 0 radical (unpaired) electrons. The van der Waals surface area contributed by atoms with Gasteiger partial charge in [-0.25, -0.2) is 0 Å². The number of nitrogens with one attached hydrogen (secondary N) is 1. The third-order valence-electron chi connectivity index (χ3n) is 2.88. The average Bonchev–Trinajstić information content (AvgIpc) is 3.09. The Hall–Kier alpha value is -0.820. The Morgan fingerprint density at radius 1 is 1.47 bits per heavy atom. The first-order valence-corrected chi connectivity index (χ1v) is 6.48. The third-order valence-corrected chi connectivity index (χ3v) is 2.88. The molecule has 1 aliphatic carbocycles. The molecule has 1 N–H and O–H groups in total. The molecule has 0 bridgehead atoms. The predicted octanol–water partition coefficient (Wildman–Crippen LogP) is 1.55. The average molecular weight is 282 g/mol. The normalized spacial score (nSPS) is 17.6. The first-order chi connectivity index (χ1) is 8.85. The van der Waals surface area contributed by atoms with Gasteiger partial charge in [-0.2, -0.15) is 13.2 Å². The summed E-state index contributed by atoms with van der Waals surface area (Å²) in [6.07, 6.45) is -1.73. The van der Waals surface area contributed by atoms with Crippen molar-refractivity contribution in [2.24, 2.45) is 0 Å². The van der Waals surface area contributed by atoms with Gasteiger partial charge < -0.3 is 10.1 Å². The quantitative estimate of drug-likeness (QED) is 0.686. The monoisotopic (exact) mass is 282 g/mol. The maximum atomic E-state index is 12.5. The number of alkyl halides is 3. The van der Waals surface area contributed by atoms with E-state index in [9.17, 15) is 18.0 Å². The molecular weight excluding hydrogens is 261 g/mol. The van der Waals surface area contributed by atoms with Crippen molar-refractivity contribution in [3.05, 3.63) is 0 Å². The molecule has 0 saturated heterocycles. The van der Waals surface area contributed by atoms with Crippen LogP contribution in [0.3, 0.4) is 0 Å². The summed E-state index contributed by atoms with van der Waals surface area (Å²) in [7, 11) is 1.25. The van der Waals surface area contributed by atoms with Crippen LogP contribution in [-0.4, -0.2) is 55.9 Å². The summed E-state index contributed by atoms with van der Waals surface area (Å²) in [6.45, 7) is 1.14. The number of rotatable bonds is 8. The Balaban J connectivity index is 2.57. The van der Waals surface area contributed by atoms with Crippen LogP contribution >= 0.6 is 0 Å². The van der Waals surface area contributed by atoms with Crippen LogP contribution in [0.25, 0.3) is 0 Å². The molecule has 0 spiro atoms. The number of carbonyl (C=O) groups excluding carboxylic acids is 1. The van der Waals surface area contributed by atoms with Crippen molar-refractivity contribution in [1.82, 2.24) is 10.2 Å². The summed E-state index contributed by atoms with van der Waals surface area (Å²) in [5.41, 5.74) is 0. The van der Waals surface area contributed by atoms with Crippen molar-refractivity contribution in [3.63, 3.8) is 0 Å². The van der Waals surface area contributed by atoms with Gasteiger partial charge in [0.05, 0.1) is 13.7 Å². The van der Waals surface area contributed by atoms with Gasteiger partial charge >= 0.3 is 12.1 Å². The van der Waals surface area contributed by atoms with Crippen molar-refractivity contribution >= 4 is 5.97 Å². The molecule has 0 amide bonds. The predicted molar refractivity (Wildman–Crippen MR) is 64.7 cm³/mol. The van der Waals surface area contributed by atoms with Crippen LogP contribution < -0.4 is 5.32 Å². The summed E-state index contributed by atoms with van der Waals surface area (Å²) in [5, 5.41) is 3.03. The summed E-state index contributed by atoms with van der Waals surface area (Å²) >= 11 is 0. The fourth-order valence-electron chi connectivity index (χ4n) is 1.93. The Labute approximate surface area is 111 Å². The van der Waals surface area contributed by atoms with Gasteiger partial charge in [-0.15, -0.1) is 0 Å². The standard InChI is InChI=1S/C12H21F3N2O2/c1-3-6-17(8-12(13,14)15)7-10(11(18)19-2)16-9-4-5-9/h9-10,16H,3-8H2,1-2H3. The molecule has 1 saturated carbocycles. The van der Waals surface area contributed by atoms with Crippen molar-refractivity contribution in [2.45, 2.75) is 44.4 Å². The van der Waals surface area contributed by atoms with E-state index < -0.39 is 24.7 Å². The lowest BCUT2D eigenvalue weighted by Gasteiger charge is -2.27. The fraction of sp³-hybridized carbons (Fsp3) is 0.917. The number of ether oxygens (including phenoxy) is 1. The second-order valence-electron chi connectivity index (χ2n) is 4.87. The number of esters is 1. The summed E-state index contributed by atoms with van der Waals surface area (Å²) in [6, 6.07) is -0.454. The minimum atomic E-state index is -4.25. The van der Waals surface area contributed by atoms with Gasteiger partial charge in [0.25, 0.3) is 0 Å². The van der Waals surface area contributed by atoms with E-state index in [2.05, 4.69) is 10.1 Å². The highest BCUT2D eigenvalue weighted by atomic mass is 19.4. The Morgan fingerprint density at radius 3 is 2.53 bits per heavy atom. The van der Waals surface area contributed by atoms with E-state index in [4.69, 9.17) is 0 Å². The zero-order chi connectivity index (χ0) is 14.5. The van der Waals surface area contributed by atoms with E-state index in [1.807, 2.05) is 6.92 Å². The van der Waals surface area contributed by atoms with Gasteiger partial charge in [-0.05, 0) is 25.8 Å². The first kappa shape index (κ1) is 16.2. The van der Waals surface area contributed by atoms with Crippen LogP contribution in [-0.2, 0) is 9.53 Å². The van der Waals surface area contributed by atoms with Crippen LogP contribution in [0.5, 0.6) is 0 Å². The zero-order valence-corrected chi connectivity index (χ0v) is 11.3. The van der Waals surface area contributed by atoms with Crippen LogP contribution in [0.1, 0.15) is 26.2 Å². The van der Waals surface area contributed by atoms with E-state index in [0.717, 1.165) is 12.8 Å². The van der Waals surface area contributed by atoms with Gasteiger partial charge in [0.1, 0.15) is 6.04 Å². The number of hydrogen-bond donors (Lipinski definition) is 1. The summed E-state index contributed by atoms with van der Waals surface area (Å²) < 4.78 is 42.0. The molecule has 0 aromatic rings. The van der Waals surface area contributed by atoms with Crippen molar-refractivity contribution in [1.29, 1.82) is 0 Å². The van der Waals surface area contributed by atoms with Crippen LogP contribution in [0, 0.1) is 0 Å². The zero-order valence-electron chi connectivity index (χ0n) is 11.3. The number of hydrogen-bond acceptors (Lipinski definition) is 4. The molecule has 0 aromatic carbocycles. The van der Waals surface area contributed by atoms with Crippen LogP contribution in [0.2, 0.25) is 0 Å². The topological polar surface area (TPSA) is 41.6 Å². The summed E-state index contributed by atoms with van der Waals surface area (Å²) in [4.78, 5) is 12.8. The molecule has 112 valence electrons. The van der Waals surface area contributed by atoms with E-state index >= 15 is 0 Å². The SMILES string of the molecule is CCCN(CC(NC1CC1)C(=O)OC)CC(F)(F)F. The lowest BCUT2D eigenvalue weighted by Crippen LogP contribution is -2.49. The highest BCUT2D eigenvalue weighted by Crippen LogP contribution is 2.21. The Morgan fingerprint density at radius 2 is 2.11 bits per heavy atom. The third kappa shape index (κ3) is 6.77. The molecule has 1 aliphatic rings. The lowest BCUT2D eigenvalue weighted by molar-refractivity contribution is -0.153. The number of methoxy groups -OCH3 is 1. The van der Waals surface area contributed by atoms with E-state index in [0.29, 0.717) is 13.0 Å². The largest absolute Gasteiger partial charge is 0.468 e. The van der Waals surface area contributed by atoms with Crippen molar-refractivity contribution in [2.75, 3.05) is 26.7 Å². The maximum absolute atomic E-state index is 12.5. The molecule has 19 heavy (non-hydrogen) atoms. The second kappa shape index (κ2) is 7.09. The molecule has 0 aliphatic heterocycles. The van der Waals surface area contributed by atoms with Gasteiger partial charge in [0, 0.05) is 12.6 Å². The molecule has 1 rings (SSSR count). The number of halogens is 3. The summed E-state index contributed by atoms with van der Waals surface area (Å²) in [5.74, 6) is -0.504. The minimum absolute atomic E-state index is 0.0243. The lowest BCUT2D eigenvalue weighted by atomic mass is 10.2. The second-order valence-corrected chi connectivity index (χ2v) is 4.87. The van der Waals surface area contributed by atoms with Gasteiger partial charge in [-0.3, -0.25) is 9.69 Å². The smallest absolute Gasteiger partial charge is 0.401 e. The highest BCUT2D eigenvalue weighted by Gasteiger charge is 2.34. The fourth-order valence-corrected chi connectivity index (χ4v) is 1.93. The van der Waals surface area contributed by atoms with Crippen LogP contribution in [0.4, 0.5) is 13.2 Å². The molecule has 1 unspecified atom stereocenters. The van der Waals surface area contributed by atoms with E-state index in [-0.39, 0.29) is 12.6 Å². The van der Waals surface area contributed by atoms with Gasteiger partial charge in [0.2, 0.25) is 0 Å². The van der Waals surface area contributed by atoms with Gasteiger partial charge in [-0.1, -0.05) is 6.92 Å².